The van der Waals surface area contributed by atoms with Gasteiger partial charge in [0, 0.05) is 17.3 Å². The molecule has 0 bridgehead atoms. The number of nitrogens with one attached hydrogen (secondary N) is 1. The third kappa shape index (κ3) is 2.72. The number of nitrogens with zero attached hydrogens (tertiary/aromatic N) is 1. The van der Waals surface area contributed by atoms with Crippen molar-refractivity contribution >= 4 is 23.2 Å². The van der Waals surface area contributed by atoms with E-state index in [9.17, 15) is 4.79 Å². The Balaban J connectivity index is 1.97. The normalized spacial score (nSPS) is 11.6. The molecule has 3 aromatic rings. The highest BCUT2D eigenvalue weighted by Gasteiger charge is 2.14. The number of benzene rings is 2. The third-order valence-electron chi connectivity index (χ3n) is 3.61. The highest BCUT2D eigenvalue weighted by molar-refractivity contribution is 5.83. The molecule has 0 aliphatic carbocycles. The molecule has 0 fully saturated rings. The van der Waals surface area contributed by atoms with E-state index in [-0.39, 0.29) is 5.41 Å². The van der Waals surface area contributed by atoms with Crippen molar-refractivity contribution in [2.24, 2.45) is 0 Å². The first-order valence-electron chi connectivity index (χ1n) is 7.19. The Kier molecular flexibility index (Phi) is 3.45. The molecule has 1 N–H and O–H groups in total. The molecule has 1 amide bonds. The summed E-state index contributed by atoms with van der Waals surface area (Å²) in [4.78, 5) is 15.0. The average molecular weight is 294 g/mol. The van der Waals surface area contributed by atoms with Crippen molar-refractivity contribution in [2.75, 3.05) is 5.32 Å². The van der Waals surface area contributed by atoms with E-state index in [2.05, 4.69) is 43.2 Å². The number of fused-ring (bicyclic) bond motifs is 1. The predicted molar refractivity (Wildman–Crippen MR) is 87.8 cm³/mol. The molecule has 0 spiro atoms. The van der Waals surface area contributed by atoms with Gasteiger partial charge in [-0.05, 0) is 35.2 Å². The Labute approximate surface area is 129 Å². The number of amides is 1. The fraction of sp³-hybridized carbons (Fsp3) is 0.222. The first-order chi connectivity index (χ1) is 10.5. The summed E-state index contributed by atoms with van der Waals surface area (Å²) in [5.41, 5.74) is 4.44. The van der Waals surface area contributed by atoms with Crippen LogP contribution in [-0.4, -0.2) is 11.4 Å². The highest BCUT2D eigenvalue weighted by atomic mass is 16.3. The summed E-state index contributed by atoms with van der Waals surface area (Å²) in [5, 5.41) is 2.60. The summed E-state index contributed by atoms with van der Waals surface area (Å²) in [5.74, 6) is 0.582. The zero-order valence-electron chi connectivity index (χ0n) is 12.9. The number of hydrogen-bond acceptors (Lipinski definition) is 3. The lowest BCUT2D eigenvalue weighted by Crippen LogP contribution is -2.10. The molecule has 1 aromatic heterocycles. The summed E-state index contributed by atoms with van der Waals surface area (Å²) in [7, 11) is 0. The number of rotatable bonds is 3. The van der Waals surface area contributed by atoms with E-state index in [1.165, 1.54) is 5.56 Å². The summed E-state index contributed by atoms with van der Waals surface area (Å²) in [6, 6.07) is 13.6. The van der Waals surface area contributed by atoms with Gasteiger partial charge in [-0.3, -0.25) is 4.79 Å². The molecule has 1 heterocycles. The Morgan fingerprint density at radius 1 is 1.09 bits per heavy atom. The van der Waals surface area contributed by atoms with E-state index >= 15 is 0 Å². The van der Waals surface area contributed by atoms with Crippen molar-refractivity contribution in [2.45, 2.75) is 26.2 Å². The highest BCUT2D eigenvalue weighted by Crippen LogP contribution is 2.28. The van der Waals surface area contributed by atoms with Crippen molar-refractivity contribution in [3.63, 3.8) is 0 Å². The average Bonchev–Trinajstić information content (AvgIpc) is 2.90. The fourth-order valence-electron chi connectivity index (χ4n) is 2.32. The zero-order valence-corrected chi connectivity index (χ0v) is 12.9. The minimum absolute atomic E-state index is 0.120. The lowest BCUT2D eigenvalue weighted by Gasteiger charge is -2.18. The number of hydrogen-bond donors (Lipinski definition) is 1. The van der Waals surface area contributed by atoms with Crippen LogP contribution < -0.4 is 5.32 Å². The van der Waals surface area contributed by atoms with Crippen LogP contribution in [0.5, 0.6) is 0 Å². The molecule has 3 rings (SSSR count). The van der Waals surface area contributed by atoms with Crippen LogP contribution in [0.15, 0.2) is 46.9 Å². The van der Waals surface area contributed by atoms with Gasteiger partial charge in [-0.1, -0.05) is 32.9 Å². The van der Waals surface area contributed by atoms with Crippen LogP contribution in [0.25, 0.3) is 22.6 Å². The second kappa shape index (κ2) is 5.30. The van der Waals surface area contributed by atoms with Gasteiger partial charge in [0.05, 0.1) is 0 Å². The van der Waals surface area contributed by atoms with Gasteiger partial charge in [-0.2, -0.15) is 0 Å². The van der Waals surface area contributed by atoms with Crippen molar-refractivity contribution in [3.05, 3.63) is 48.0 Å². The second-order valence-corrected chi connectivity index (χ2v) is 6.29. The molecular weight excluding hydrogens is 276 g/mol. The minimum atomic E-state index is 0.120. The van der Waals surface area contributed by atoms with Gasteiger partial charge < -0.3 is 9.73 Å². The molecule has 0 aliphatic heterocycles. The van der Waals surface area contributed by atoms with E-state index in [0.717, 1.165) is 11.1 Å². The molecule has 0 aliphatic rings. The van der Waals surface area contributed by atoms with Crippen LogP contribution in [0.3, 0.4) is 0 Å². The maximum absolute atomic E-state index is 10.5. The minimum Gasteiger partial charge on any atom is -0.436 e. The van der Waals surface area contributed by atoms with Gasteiger partial charge >= 0.3 is 0 Å². The number of aromatic nitrogens is 1. The lowest BCUT2D eigenvalue weighted by atomic mass is 9.87. The Hall–Kier alpha value is -2.62. The lowest BCUT2D eigenvalue weighted by molar-refractivity contribution is -0.105. The van der Waals surface area contributed by atoms with Crippen LogP contribution in [0.4, 0.5) is 5.69 Å². The topological polar surface area (TPSA) is 55.1 Å². The maximum atomic E-state index is 10.5. The van der Waals surface area contributed by atoms with Crippen molar-refractivity contribution in [1.82, 2.24) is 4.98 Å². The fourth-order valence-corrected chi connectivity index (χ4v) is 2.32. The van der Waals surface area contributed by atoms with Gasteiger partial charge in [0.1, 0.15) is 5.52 Å². The first-order valence-corrected chi connectivity index (χ1v) is 7.19. The molecule has 0 saturated heterocycles. The van der Waals surface area contributed by atoms with Crippen LogP contribution in [0.2, 0.25) is 0 Å². The number of carbonyl (C=O) groups excluding carboxylic acids is 1. The first kappa shape index (κ1) is 14.3. The van der Waals surface area contributed by atoms with Crippen LogP contribution in [-0.2, 0) is 10.2 Å². The summed E-state index contributed by atoms with van der Waals surface area (Å²) in [6.07, 6.45) is 0.643. The Morgan fingerprint density at radius 2 is 1.82 bits per heavy atom. The zero-order chi connectivity index (χ0) is 15.7. The quantitative estimate of drug-likeness (QED) is 0.730. The number of oxazole rings is 1. The SMILES string of the molecule is CC(C)(C)c1ccc(-c2nc3ccc(NC=O)cc3o2)cc1. The van der Waals surface area contributed by atoms with Gasteiger partial charge in [0.15, 0.2) is 5.58 Å². The maximum Gasteiger partial charge on any atom is 0.227 e. The number of anilines is 1. The molecule has 2 aromatic carbocycles. The third-order valence-corrected chi connectivity index (χ3v) is 3.61. The molecular formula is C18H18N2O2. The van der Waals surface area contributed by atoms with Crippen molar-refractivity contribution in [1.29, 1.82) is 0 Å². The molecule has 4 heteroatoms. The monoisotopic (exact) mass is 294 g/mol. The van der Waals surface area contributed by atoms with Gasteiger partial charge in [0.2, 0.25) is 12.3 Å². The van der Waals surface area contributed by atoms with Crippen molar-refractivity contribution < 1.29 is 9.21 Å². The van der Waals surface area contributed by atoms with Gasteiger partial charge in [-0.15, -0.1) is 0 Å². The van der Waals surface area contributed by atoms with E-state index in [1.54, 1.807) is 12.1 Å². The van der Waals surface area contributed by atoms with E-state index in [0.29, 0.717) is 23.6 Å². The van der Waals surface area contributed by atoms with Gasteiger partial charge in [-0.25, -0.2) is 4.98 Å². The molecule has 0 saturated carbocycles. The van der Waals surface area contributed by atoms with Gasteiger partial charge in [0.25, 0.3) is 0 Å². The van der Waals surface area contributed by atoms with E-state index in [4.69, 9.17) is 4.42 Å². The van der Waals surface area contributed by atoms with Crippen molar-refractivity contribution in [3.8, 4) is 11.5 Å². The van der Waals surface area contributed by atoms with Crippen LogP contribution in [0.1, 0.15) is 26.3 Å². The largest absolute Gasteiger partial charge is 0.436 e. The van der Waals surface area contributed by atoms with E-state index in [1.807, 2.05) is 18.2 Å². The molecule has 4 nitrogen and oxygen atoms in total. The summed E-state index contributed by atoms with van der Waals surface area (Å²) < 4.78 is 5.80. The van der Waals surface area contributed by atoms with E-state index < -0.39 is 0 Å². The Morgan fingerprint density at radius 3 is 2.45 bits per heavy atom. The molecule has 0 radical (unpaired) electrons. The molecule has 22 heavy (non-hydrogen) atoms. The second-order valence-electron chi connectivity index (χ2n) is 6.29. The molecule has 0 unspecified atom stereocenters. The summed E-state index contributed by atoms with van der Waals surface area (Å²) in [6.45, 7) is 6.55. The number of carbonyl (C=O) groups is 1. The van der Waals surface area contributed by atoms with Crippen LogP contribution >= 0.6 is 0 Å². The smallest absolute Gasteiger partial charge is 0.227 e. The van der Waals surface area contributed by atoms with Crippen LogP contribution in [0, 0.1) is 0 Å². The standard InChI is InChI=1S/C18H18N2O2/c1-18(2,3)13-6-4-12(5-7-13)17-20-15-9-8-14(19-11-21)10-16(15)22-17/h4-11H,1-3H3,(H,19,21). The predicted octanol–water partition coefficient (Wildman–Crippen LogP) is 4.36. The Bertz CT molecular complexity index is 811. The molecule has 0 atom stereocenters. The summed E-state index contributed by atoms with van der Waals surface area (Å²) >= 11 is 0. The molecule has 112 valence electrons.